The van der Waals surface area contributed by atoms with Gasteiger partial charge in [0.05, 0.1) is 0 Å². The van der Waals surface area contributed by atoms with Crippen LogP contribution in [0.25, 0.3) is 0 Å². The molecule has 6 nitrogen and oxygen atoms in total. The summed E-state index contributed by atoms with van der Waals surface area (Å²) in [6.45, 7) is 2.14. The Morgan fingerprint density at radius 2 is 1.63 bits per heavy atom. The molecule has 0 aliphatic rings. The van der Waals surface area contributed by atoms with Gasteiger partial charge in [-0.25, -0.2) is 0 Å². The SMILES string of the molecule is CCCC[Si](OC)(OC)OC.CN=C(NC)N(C)C. The summed E-state index contributed by atoms with van der Waals surface area (Å²) in [6, 6.07) is 0.910. The molecule has 0 amide bonds. The quantitative estimate of drug-likeness (QED) is 0.456. The normalized spacial score (nSPS) is 11.7. The molecule has 7 heteroatoms. The first-order valence-corrected chi connectivity index (χ1v) is 8.37. The fraction of sp³-hybridized carbons (Fsp3) is 0.917. The Hall–Kier alpha value is -0.633. The summed E-state index contributed by atoms with van der Waals surface area (Å²) in [5, 5.41) is 2.93. The van der Waals surface area contributed by atoms with Crippen LogP contribution in [0.2, 0.25) is 6.04 Å². The molecule has 0 saturated carbocycles. The largest absolute Gasteiger partial charge is 0.500 e. The van der Waals surface area contributed by atoms with Crippen LogP contribution >= 0.6 is 0 Å². The van der Waals surface area contributed by atoms with Gasteiger partial charge in [0.15, 0.2) is 5.96 Å². The highest BCUT2D eigenvalue weighted by molar-refractivity contribution is 6.60. The fourth-order valence-electron chi connectivity index (χ4n) is 1.48. The number of aliphatic imine (C=N–C) groups is 1. The smallest absolute Gasteiger partial charge is 0.377 e. The Bertz CT molecular complexity index is 226. The van der Waals surface area contributed by atoms with Crippen LogP contribution in [0.1, 0.15) is 19.8 Å². The molecule has 1 N–H and O–H groups in total. The molecule has 0 aromatic rings. The Morgan fingerprint density at radius 1 is 1.16 bits per heavy atom. The summed E-state index contributed by atoms with van der Waals surface area (Å²) in [5.74, 6) is 0.894. The summed E-state index contributed by atoms with van der Waals surface area (Å²) in [4.78, 5) is 5.85. The number of rotatable bonds is 6. The van der Waals surface area contributed by atoms with E-state index >= 15 is 0 Å². The highest BCUT2D eigenvalue weighted by Crippen LogP contribution is 2.15. The van der Waals surface area contributed by atoms with Gasteiger partial charge in [-0.2, -0.15) is 0 Å². The Labute approximate surface area is 119 Å². The van der Waals surface area contributed by atoms with E-state index in [1.807, 2.05) is 26.0 Å². The number of hydrogen-bond donors (Lipinski definition) is 1. The average Bonchev–Trinajstić information content (AvgIpc) is 2.43. The van der Waals surface area contributed by atoms with Crippen LogP contribution < -0.4 is 5.32 Å². The van der Waals surface area contributed by atoms with Crippen LogP contribution in [0, 0.1) is 0 Å². The molecule has 0 aliphatic heterocycles. The topological polar surface area (TPSA) is 55.3 Å². The summed E-state index contributed by atoms with van der Waals surface area (Å²) >= 11 is 0. The molecule has 0 rings (SSSR count). The zero-order valence-corrected chi connectivity index (χ0v) is 14.7. The average molecular weight is 293 g/mol. The van der Waals surface area contributed by atoms with Crippen LogP contribution in [-0.2, 0) is 13.3 Å². The van der Waals surface area contributed by atoms with Crippen LogP contribution in [0.4, 0.5) is 0 Å². The van der Waals surface area contributed by atoms with E-state index in [9.17, 15) is 0 Å². The maximum Gasteiger partial charge on any atom is 0.500 e. The number of nitrogens with one attached hydrogen (secondary N) is 1. The van der Waals surface area contributed by atoms with Gasteiger partial charge in [0, 0.05) is 55.6 Å². The van der Waals surface area contributed by atoms with E-state index < -0.39 is 8.80 Å². The predicted octanol–water partition coefficient (Wildman–Crippen LogP) is 1.42. The Morgan fingerprint density at radius 3 is 1.79 bits per heavy atom. The van der Waals surface area contributed by atoms with Crippen molar-refractivity contribution in [1.29, 1.82) is 0 Å². The number of hydrogen-bond acceptors (Lipinski definition) is 4. The molecule has 116 valence electrons. The molecule has 0 aromatic heterocycles. The van der Waals surface area contributed by atoms with Crippen molar-refractivity contribution in [2.24, 2.45) is 4.99 Å². The molecule has 0 saturated heterocycles. The lowest BCUT2D eigenvalue weighted by Gasteiger charge is -2.23. The molecule has 0 unspecified atom stereocenters. The molecule has 0 spiro atoms. The zero-order chi connectivity index (χ0) is 15.3. The lowest BCUT2D eigenvalue weighted by Crippen LogP contribution is -2.42. The highest BCUT2D eigenvalue weighted by atomic mass is 28.4. The standard InChI is InChI=1S/C7H18O3Si.C5H13N3/c1-5-6-7-11(8-2,9-3)10-4;1-6-5(7-2)8(3)4/h5-7H2,1-4H3;1-4H3,(H,6,7). The Balaban J connectivity index is 0. The number of nitrogens with zero attached hydrogens (tertiary/aromatic N) is 2. The number of guanidine groups is 1. The maximum atomic E-state index is 5.23. The number of unbranched alkanes of at least 4 members (excludes halogenated alkanes) is 1. The van der Waals surface area contributed by atoms with Crippen molar-refractivity contribution < 1.29 is 13.3 Å². The van der Waals surface area contributed by atoms with Crippen molar-refractivity contribution in [3.8, 4) is 0 Å². The van der Waals surface area contributed by atoms with E-state index in [1.165, 1.54) is 0 Å². The summed E-state index contributed by atoms with van der Waals surface area (Å²) in [7, 11) is 10.2. The Kier molecular flexibility index (Phi) is 13.5. The van der Waals surface area contributed by atoms with Crippen LogP contribution in [-0.4, -0.2) is 69.2 Å². The molecule has 0 fully saturated rings. The molecular formula is C12H31N3O3Si. The third kappa shape index (κ3) is 8.98. The van der Waals surface area contributed by atoms with E-state index in [4.69, 9.17) is 13.3 Å². The second-order valence-electron chi connectivity index (χ2n) is 4.09. The lowest BCUT2D eigenvalue weighted by molar-refractivity contribution is 0.123. The van der Waals surface area contributed by atoms with Gasteiger partial charge in [-0.15, -0.1) is 0 Å². The minimum absolute atomic E-state index is 0.894. The molecule has 19 heavy (non-hydrogen) atoms. The third-order valence-electron chi connectivity index (χ3n) is 2.63. The molecule has 0 radical (unpaired) electrons. The van der Waals surface area contributed by atoms with Crippen molar-refractivity contribution in [3.63, 3.8) is 0 Å². The summed E-state index contributed by atoms with van der Waals surface area (Å²) in [6.07, 6.45) is 2.24. The lowest BCUT2D eigenvalue weighted by atomic mass is 10.4. The van der Waals surface area contributed by atoms with Gasteiger partial charge in [0.2, 0.25) is 0 Å². The van der Waals surface area contributed by atoms with Gasteiger partial charge in [0.1, 0.15) is 0 Å². The van der Waals surface area contributed by atoms with Crippen molar-refractivity contribution in [1.82, 2.24) is 10.2 Å². The molecule has 0 aromatic carbocycles. The molecule has 0 heterocycles. The second kappa shape index (κ2) is 12.4. The first-order valence-electron chi connectivity index (χ1n) is 6.44. The third-order valence-corrected chi connectivity index (χ3v) is 5.46. The highest BCUT2D eigenvalue weighted by Gasteiger charge is 2.36. The minimum atomic E-state index is -2.24. The van der Waals surface area contributed by atoms with Crippen LogP contribution in [0.15, 0.2) is 4.99 Å². The van der Waals surface area contributed by atoms with E-state index in [1.54, 1.807) is 28.4 Å². The molecular weight excluding hydrogens is 262 g/mol. The first kappa shape index (κ1) is 20.7. The van der Waals surface area contributed by atoms with Gasteiger partial charge >= 0.3 is 8.80 Å². The van der Waals surface area contributed by atoms with E-state index in [-0.39, 0.29) is 0 Å². The van der Waals surface area contributed by atoms with Crippen molar-refractivity contribution in [2.45, 2.75) is 25.8 Å². The van der Waals surface area contributed by atoms with Crippen molar-refractivity contribution >= 4 is 14.8 Å². The van der Waals surface area contributed by atoms with E-state index in [0.717, 1.165) is 24.8 Å². The predicted molar refractivity (Wildman–Crippen MR) is 82.6 cm³/mol. The van der Waals surface area contributed by atoms with Gasteiger partial charge < -0.3 is 23.5 Å². The second-order valence-corrected chi connectivity index (χ2v) is 7.18. The van der Waals surface area contributed by atoms with Crippen molar-refractivity contribution in [3.05, 3.63) is 0 Å². The first-order chi connectivity index (χ1) is 8.96. The van der Waals surface area contributed by atoms with Crippen molar-refractivity contribution in [2.75, 3.05) is 49.5 Å². The van der Waals surface area contributed by atoms with E-state index in [0.29, 0.717) is 0 Å². The molecule has 0 atom stereocenters. The molecule has 0 bridgehead atoms. The zero-order valence-electron chi connectivity index (χ0n) is 13.7. The van der Waals surface area contributed by atoms with Gasteiger partial charge in [-0.1, -0.05) is 13.3 Å². The monoisotopic (exact) mass is 293 g/mol. The van der Waals surface area contributed by atoms with Crippen LogP contribution in [0.5, 0.6) is 0 Å². The van der Waals surface area contributed by atoms with E-state index in [2.05, 4.69) is 17.2 Å². The van der Waals surface area contributed by atoms with Gasteiger partial charge in [0.25, 0.3) is 0 Å². The maximum absolute atomic E-state index is 5.23. The molecule has 0 aliphatic carbocycles. The summed E-state index contributed by atoms with van der Waals surface area (Å²) < 4.78 is 15.7. The van der Waals surface area contributed by atoms with Gasteiger partial charge in [-0.3, -0.25) is 4.99 Å². The van der Waals surface area contributed by atoms with Gasteiger partial charge in [-0.05, 0) is 6.42 Å². The fourth-order valence-corrected chi connectivity index (χ4v) is 3.38. The summed E-state index contributed by atoms with van der Waals surface area (Å²) in [5.41, 5.74) is 0. The minimum Gasteiger partial charge on any atom is -0.377 e. The van der Waals surface area contributed by atoms with Crippen LogP contribution in [0.3, 0.4) is 0 Å².